The van der Waals surface area contributed by atoms with E-state index in [0.29, 0.717) is 11.6 Å². The summed E-state index contributed by atoms with van der Waals surface area (Å²) in [4.78, 5) is 18.8. The Labute approximate surface area is 137 Å². The van der Waals surface area contributed by atoms with Crippen LogP contribution >= 0.6 is 11.3 Å². The van der Waals surface area contributed by atoms with Gasteiger partial charge in [-0.15, -0.1) is 5.10 Å². The molecule has 3 aromatic rings. The molecule has 4 rings (SSSR count). The number of anilines is 1. The molecule has 1 saturated heterocycles. The first-order valence-corrected chi connectivity index (χ1v) is 8.31. The van der Waals surface area contributed by atoms with Crippen molar-refractivity contribution in [1.82, 2.24) is 14.6 Å². The summed E-state index contributed by atoms with van der Waals surface area (Å²) in [6.07, 6.45) is 1.54. The van der Waals surface area contributed by atoms with Gasteiger partial charge in [0.05, 0.1) is 13.2 Å². The third-order valence-electron chi connectivity index (χ3n) is 4.03. The van der Waals surface area contributed by atoms with E-state index in [1.54, 1.807) is 0 Å². The molecule has 6 nitrogen and oxygen atoms in total. The van der Waals surface area contributed by atoms with Crippen molar-refractivity contribution in [3.8, 4) is 0 Å². The molecule has 0 N–H and O–H groups in total. The zero-order valence-corrected chi connectivity index (χ0v) is 13.5. The molecule has 23 heavy (non-hydrogen) atoms. The molecule has 1 aliphatic rings. The lowest BCUT2D eigenvalue weighted by Crippen LogP contribution is -2.38. The van der Waals surface area contributed by atoms with E-state index >= 15 is 0 Å². The molecule has 1 aromatic carbocycles. The van der Waals surface area contributed by atoms with Crippen LogP contribution in [0.25, 0.3) is 4.96 Å². The Morgan fingerprint density at radius 3 is 3.00 bits per heavy atom. The Morgan fingerprint density at radius 2 is 2.17 bits per heavy atom. The van der Waals surface area contributed by atoms with Crippen LogP contribution in [0.5, 0.6) is 0 Å². The minimum atomic E-state index is -0.152. The summed E-state index contributed by atoms with van der Waals surface area (Å²) in [6, 6.07) is 9.69. The molecule has 0 saturated carbocycles. The first kappa shape index (κ1) is 14.3. The van der Waals surface area contributed by atoms with Gasteiger partial charge in [0.1, 0.15) is 6.10 Å². The number of hydrogen-bond acceptors (Lipinski definition) is 6. The maximum Gasteiger partial charge on any atom is 0.275 e. The van der Waals surface area contributed by atoms with Crippen LogP contribution in [0.15, 0.2) is 41.3 Å². The predicted molar refractivity (Wildman–Crippen MR) is 89.2 cm³/mol. The Morgan fingerprint density at radius 1 is 1.30 bits per heavy atom. The number of hydrogen-bond donors (Lipinski definition) is 0. The molecule has 0 bridgehead atoms. The highest BCUT2D eigenvalue weighted by molar-refractivity contribution is 7.20. The number of rotatable bonds is 2. The first-order chi connectivity index (χ1) is 11.2. The smallest absolute Gasteiger partial charge is 0.275 e. The summed E-state index contributed by atoms with van der Waals surface area (Å²) in [6.45, 7) is 4.21. The SMILES string of the molecule is Cc1ccccc1C1CN(c2nn3c(=O)ccnc3s2)CCO1. The molecule has 0 aliphatic carbocycles. The van der Waals surface area contributed by atoms with Crippen LogP contribution in [0, 0.1) is 6.92 Å². The molecule has 1 atom stereocenters. The van der Waals surface area contributed by atoms with Gasteiger partial charge in [0.15, 0.2) is 0 Å². The molecule has 1 fully saturated rings. The second-order valence-corrected chi connectivity index (χ2v) is 6.46. The van der Waals surface area contributed by atoms with Gasteiger partial charge >= 0.3 is 0 Å². The van der Waals surface area contributed by atoms with Crippen LogP contribution in [-0.2, 0) is 4.74 Å². The highest BCUT2D eigenvalue weighted by atomic mass is 32.1. The summed E-state index contributed by atoms with van der Waals surface area (Å²) >= 11 is 1.43. The molecule has 0 amide bonds. The van der Waals surface area contributed by atoms with Crippen molar-refractivity contribution >= 4 is 21.4 Å². The van der Waals surface area contributed by atoms with Gasteiger partial charge < -0.3 is 9.64 Å². The van der Waals surface area contributed by atoms with Crippen LogP contribution in [-0.4, -0.2) is 34.3 Å². The molecule has 118 valence electrons. The van der Waals surface area contributed by atoms with Gasteiger partial charge in [-0.25, -0.2) is 4.98 Å². The average molecular weight is 328 g/mol. The Kier molecular flexibility index (Phi) is 3.59. The molecule has 7 heteroatoms. The Hall–Kier alpha value is -2.25. The van der Waals surface area contributed by atoms with Crippen molar-refractivity contribution < 1.29 is 4.74 Å². The molecule has 0 radical (unpaired) electrons. The van der Waals surface area contributed by atoms with Gasteiger partial charge in [-0.1, -0.05) is 35.6 Å². The molecular weight excluding hydrogens is 312 g/mol. The number of morpholine rings is 1. The number of aromatic nitrogens is 3. The minimum Gasteiger partial charge on any atom is -0.370 e. The summed E-state index contributed by atoms with van der Waals surface area (Å²) in [5.74, 6) is 0. The van der Waals surface area contributed by atoms with Gasteiger partial charge in [-0.3, -0.25) is 4.79 Å². The standard InChI is InChI=1S/C16H16N4O2S/c1-11-4-2-3-5-12(11)13-10-19(8-9-22-13)16-18-20-14(21)6-7-17-15(20)23-16/h2-7,13H,8-10H2,1H3. The van der Waals surface area contributed by atoms with Crippen LogP contribution < -0.4 is 10.5 Å². The molecule has 2 aromatic heterocycles. The average Bonchev–Trinajstić information content (AvgIpc) is 3.01. The van der Waals surface area contributed by atoms with Crippen molar-refractivity contribution in [3.63, 3.8) is 0 Å². The minimum absolute atomic E-state index is 0.0154. The quantitative estimate of drug-likeness (QED) is 0.720. The molecule has 0 spiro atoms. The van der Waals surface area contributed by atoms with Crippen molar-refractivity contribution in [1.29, 1.82) is 0 Å². The number of nitrogens with zero attached hydrogens (tertiary/aromatic N) is 4. The van der Waals surface area contributed by atoms with Gasteiger partial charge in [0, 0.05) is 18.8 Å². The van der Waals surface area contributed by atoms with E-state index in [2.05, 4.69) is 34.0 Å². The van der Waals surface area contributed by atoms with Gasteiger partial charge in [0.25, 0.3) is 5.56 Å². The van der Waals surface area contributed by atoms with E-state index in [1.807, 2.05) is 12.1 Å². The first-order valence-electron chi connectivity index (χ1n) is 7.49. The summed E-state index contributed by atoms with van der Waals surface area (Å²) < 4.78 is 7.30. The highest BCUT2D eigenvalue weighted by Gasteiger charge is 2.25. The second-order valence-electron chi connectivity index (χ2n) is 5.52. The van der Waals surface area contributed by atoms with Crippen LogP contribution in [0.4, 0.5) is 5.13 Å². The molecule has 3 heterocycles. The monoisotopic (exact) mass is 328 g/mol. The van der Waals surface area contributed by atoms with Crippen molar-refractivity contribution in [2.45, 2.75) is 13.0 Å². The van der Waals surface area contributed by atoms with E-state index in [1.165, 1.54) is 39.2 Å². The number of ether oxygens (including phenoxy) is 1. The number of benzene rings is 1. The molecule has 1 aliphatic heterocycles. The Bertz CT molecular complexity index is 904. The maximum absolute atomic E-state index is 11.8. The summed E-state index contributed by atoms with van der Waals surface area (Å²) in [5.41, 5.74) is 2.27. The second kappa shape index (κ2) is 5.75. The molecular formula is C16H16N4O2S. The van der Waals surface area contributed by atoms with Crippen LogP contribution in [0.3, 0.4) is 0 Å². The van der Waals surface area contributed by atoms with Gasteiger partial charge in [-0.2, -0.15) is 4.52 Å². The summed E-state index contributed by atoms with van der Waals surface area (Å²) in [5, 5.41) is 5.23. The fourth-order valence-corrected chi connectivity index (χ4v) is 3.73. The van der Waals surface area contributed by atoms with E-state index in [-0.39, 0.29) is 11.7 Å². The van der Waals surface area contributed by atoms with E-state index in [4.69, 9.17) is 4.74 Å². The topological polar surface area (TPSA) is 59.7 Å². The third-order valence-corrected chi connectivity index (χ3v) is 5.02. The lowest BCUT2D eigenvalue weighted by molar-refractivity contribution is 0.0393. The zero-order valence-electron chi connectivity index (χ0n) is 12.7. The number of aryl methyl sites for hydroxylation is 1. The molecule has 1 unspecified atom stereocenters. The highest BCUT2D eigenvalue weighted by Crippen LogP contribution is 2.29. The van der Waals surface area contributed by atoms with E-state index in [0.717, 1.165) is 18.2 Å². The summed E-state index contributed by atoms with van der Waals surface area (Å²) in [7, 11) is 0. The van der Waals surface area contributed by atoms with Crippen molar-refractivity contribution in [2.75, 3.05) is 24.6 Å². The van der Waals surface area contributed by atoms with E-state index in [9.17, 15) is 4.79 Å². The lowest BCUT2D eigenvalue weighted by Gasteiger charge is -2.33. The normalized spacial score (nSPS) is 18.5. The largest absolute Gasteiger partial charge is 0.370 e. The van der Waals surface area contributed by atoms with Crippen LogP contribution in [0.2, 0.25) is 0 Å². The Balaban J connectivity index is 1.65. The zero-order chi connectivity index (χ0) is 15.8. The van der Waals surface area contributed by atoms with Gasteiger partial charge in [0.2, 0.25) is 10.1 Å². The van der Waals surface area contributed by atoms with Crippen molar-refractivity contribution in [3.05, 3.63) is 58.0 Å². The van der Waals surface area contributed by atoms with Gasteiger partial charge in [-0.05, 0) is 18.1 Å². The fraction of sp³-hybridized carbons (Fsp3) is 0.312. The predicted octanol–water partition coefficient (Wildman–Crippen LogP) is 2.04. The van der Waals surface area contributed by atoms with Crippen LogP contribution in [0.1, 0.15) is 17.2 Å². The third kappa shape index (κ3) is 2.62. The van der Waals surface area contributed by atoms with Crippen molar-refractivity contribution in [2.24, 2.45) is 0 Å². The lowest BCUT2D eigenvalue weighted by atomic mass is 10.0. The van der Waals surface area contributed by atoms with E-state index < -0.39 is 0 Å². The maximum atomic E-state index is 11.8. The fourth-order valence-electron chi connectivity index (χ4n) is 2.82. The number of fused-ring (bicyclic) bond motifs is 1.